The molecule has 59 heavy (non-hydrogen) atoms. The standard InChI is InChI=1S/C49H84O10/c1-3-5-7-9-11-13-15-17-19-20-21-22-24-25-27-29-31-33-35-37-44(51)56-40-42(41-57-49-48(55)47(54)46(53)43(39-50)59-49)58-45(52)38-36-34-32-30-28-26-23-18-16-14-12-10-8-6-4-2/h10-13,17,19,21-22,25,27,42-43,46-50,53-55H,3-9,14-16,18,20,23-24,26,28-41H2,1-2H3/b12-10+,13-11+,19-17+,22-21+,27-25+/t42-,43-,46+,47?,48?,49-/m0/s1. The van der Waals surface area contributed by atoms with Gasteiger partial charge in [0.2, 0.25) is 0 Å². The molecule has 1 aliphatic heterocycles. The summed E-state index contributed by atoms with van der Waals surface area (Å²) in [6.07, 6.45) is 40.8. The molecule has 0 aliphatic carbocycles. The third kappa shape index (κ3) is 31.0. The van der Waals surface area contributed by atoms with Crippen LogP contribution in [0, 0.1) is 0 Å². The molecule has 0 bridgehead atoms. The normalized spacial score (nSPS) is 20.5. The van der Waals surface area contributed by atoms with Crippen LogP contribution in [-0.2, 0) is 28.5 Å². The molecule has 10 heteroatoms. The number of allylic oxidation sites excluding steroid dienone is 10. The smallest absolute Gasteiger partial charge is 0.306 e. The van der Waals surface area contributed by atoms with Gasteiger partial charge in [-0.15, -0.1) is 0 Å². The van der Waals surface area contributed by atoms with Crippen LogP contribution < -0.4 is 0 Å². The second-order valence-electron chi connectivity index (χ2n) is 15.8. The molecule has 1 heterocycles. The fourth-order valence-corrected chi connectivity index (χ4v) is 6.62. The first-order chi connectivity index (χ1) is 28.8. The first-order valence-electron chi connectivity index (χ1n) is 23.4. The summed E-state index contributed by atoms with van der Waals surface area (Å²) in [4.78, 5) is 25.4. The van der Waals surface area contributed by atoms with E-state index in [1.165, 1.54) is 83.5 Å². The molecule has 1 rings (SSSR count). The fraction of sp³-hybridized carbons (Fsp3) is 0.755. The number of hydrogen-bond donors (Lipinski definition) is 4. The summed E-state index contributed by atoms with van der Waals surface area (Å²) in [6, 6.07) is 0. The third-order valence-electron chi connectivity index (χ3n) is 10.4. The highest BCUT2D eigenvalue weighted by Crippen LogP contribution is 2.22. The van der Waals surface area contributed by atoms with E-state index in [0.29, 0.717) is 12.8 Å². The van der Waals surface area contributed by atoms with E-state index >= 15 is 0 Å². The first-order valence-corrected chi connectivity index (χ1v) is 23.4. The minimum Gasteiger partial charge on any atom is -0.462 e. The van der Waals surface area contributed by atoms with Crippen molar-refractivity contribution in [2.75, 3.05) is 19.8 Å². The van der Waals surface area contributed by atoms with Gasteiger partial charge in [-0.3, -0.25) is 9.59 Å². The van der Waals surface area contributed by atoms with E-state index in [9.17, 15) is 30.0 Å². The average Bonchev–Trinajstić information content (AvgIpc) is 3.23. The van der Waals surface area contributed by atoms with E-state index in [1.807, 2.05) is 0 Å². The molecule has 0 amide bonds. The van der Waals surface area contributed by atoms with Gasteiger partial charge < -0.3 is 39.4 Å². The summed E-state index contributed by atoms with van der Waals surface area (Å²) < 4.78 is 22.1. The molecule has 0 aromatic rings. The number of unbranched alkanes of at least 4 members (excludes halogenated alkanes) is 17. The Bertz CT molecular complexity index is 1150. The average molecular weight is 833 g/mol. The predicted octanol–water partition coefficient (Wildman–Crippen LogP) is 10.2. The van der Waals surface area contributed by atoms with Crippen molar-refractivity contribution in [1.29, 1.82) is 0 Å². The summed E-state index contributed by atoms with van der Waals surface area (Å²) in [5.41, 5.74) is 0. The maximum atomic E-state index is 12.8. The highest BCUT2D eigenvalue weighted by Gasteiger charge is 2.44. The van der Waals surface area contributed by atoms with Gasteiger partial charge in [0.05, 0.1) is 13.2 Å². The largest absolute Gasteiger partial charge is 0.462 e. The molecule has 1 aliphatic rings. The highest BCUT2D eigenvalue weighted by molar-refractivity contribution is 5.70. The van der Waals surface area contributed by atoms with Gasteiger partial charge in [0.1, 0.15) is 31.0 Å². The van der Waals surface area contributed by atoms with Gasteiger partial charge in [-0.2, -0.15) is 0 Å². The summed E-state index contributed by atoms with van der Waals surface area (Å²) in [7, 11) is 0. The molecule has 0 saturated carbocycles. The molecule has 0 radical (unpaired) electrons. The number of carbonyl (C=O) groups excluding carboxylic acids is 2. The number of esters is 2. The van der Waals surface area contributed by atoms with Crippen LogP contribution in [0.25, 0.3) is 0 Å². The lowest BCUT2D eigenvalue weighted by atomic mass is 9.99. The minimum atomic E-state index is -1.60. The van der Waals surface area contributed by atoms with Gasteiger partial charge in [0.15, 0.2) is 12.4 Å². The summed E-state index contributed by atoms with van der Waals surface area (Å²) in [5.74, 6) is -0.847. The van der Waals surface area contributed by atoms with Crippen molar-refractivity contribution in [2.24, 2.45) is 0 Å². The molecule has 1 fully saturated rings. The zero-order valence-electron chi connectivity index (χ0n) is 37.0. The SMILES string of the molecule is CCCC/C=C/CCCCCCCCCCCC(=O)O[C@@H](COC(=O)CCCCC/C=C/C/C=C/C/C=C/C/C=C/CCCCC)CO[C@H]1O[C@@H](CO)[C@@H](O)C(O)C1O. The molecule has 0 spiro atoms. The van der Waals surface area contributed by atoms with Crippen LogP contribution in [0.15, 0.2) is 60.8 Å². The molecule has 2 unspecified atom stereocenters. The van der Waals surface area contributed by atoms with Crippen molar-refractivity contribution in [2.45, 2.75) is 218 Å². The molecule has 0 aromatic carbocycles. The molecular formula is C49H84O10. The summed E-state index contributed by atoms with van der Waals surface area (Å²) in [6.45, 7) is 3.33. The highest BCUT2D eigenvalue weighted by atomic mass is 16.7. The van der Waals surface area contributed by atoms with Crippen molar-refractivity contribution in [3.05, 3.63) is 60.8 Å². The first kappa shape index (κ1) is 54.4. The lowest BCUT2D eigenvalue weighted by molar-refractivity contribution is -0.305. The zero-order chi connectivity index (χ0) is 43.0. The molecule has 1 saturated heterocycles. The number of carbonyl (C=O) groups is 2. The second kappa shape index (κ2) is 39.5. The molecule has 0 aromatic heterocycles. The van der Waals surface area contributed by atoms with Gasteiger partial charge >= 0.3 is 11.9 Å². The Morgan fingerprint density at radius 3 is 1.51 bits per heavy atom. The number of rotatable bonds is 38. The fourth-order valence-electron chi connectivity index (χ4n) is 6.62. The van der Waals surface area contributed by atoms with Gasteiger partial charge in [-0.25, -0.2) is 0 Å². The van der Waals surface area contributed by atoms with E-state index in [-0.39, 0.29) is 26.1 Å². The van der Waals surface area contributed by atoms with Crippen LogP contribution in [0.2, 0.25) is 0 Å². The van der Waals surface area contributed by atoms with Crippen molar-refractivity contribution in [1.82, 2.24) is 0 Å². The Balaban J connectivity index is 2.34. The van der Waals surface area contributed by atoms with E-state index in [0.717, 1.165) is 57.8 Å². The number of aliphatic hydroxyl groups is 4. The van der Waals surface area contributed by atoms with Crippen molar-refractivity contribution in [3.63, 3.8) is 0 Å². The number of aliphatic hydroxyl groups excluding tert-OH is 4. The van der Waals surface area contributed by atoms with Crippen molar-refractivity contribution < 1.29 is 49.0 Å². The topological polar surface area (TPSA) is 152 Å². The van der Waals surface area contributed by atoms with Crippen LogP contribution >= 0.6 is 0 Å². The number of ether oxygens (including phenoxy) is 4. The molecule has 4 N–H and O–H groups in total. The maximum absolute atomic E-state index is 12.8. The van der Waals surface area contributed by atoms with Crippen LogP contribution in [0.3, 0.4) is 0 Å². The second-order valence-corrected chi connectivity index (χ2v) is 15.8. The van der Waals surface area contributed by atoms with Crippen LogP contribution in [0.1, 0.15) is 181 Å². The molecule has 6 atom stereocenters. The monoisotopic (exact) mass is 833 g/mol. The van der Waals surface area contributed by atoms with Gasteiger partial charge in [-0.05, 0) is 77.0 Å². The zero-order valence-corrected chi connectivity index (χ0v) is 37.0. The van der Waals surface area contributed by atoms with Gasteiger partial charge in [0, 0.05) is 12.8 Å². The Hall–Kier alpha value is -2.60. The summed E-state index contributed by atoms with van der Waals surface area (Å²) >= 11 is 0. The quantitative estimate of drug-likeness (QED) is 0.0269. The maximum Gasteiger partial charge on any atom is 0.306 e. The Labute approximate surface area is 358 Å². The van der Waals surface area contributed by atoms with E-state index < -0.39 is 55.4 Å². The van der Waals surface area contributed by atoms with Crippen molar-refractivity contribution >= 4 is 11.9 Å². The minimum absolute atomic E-state index is 0.218. The van der Waals surface area contributed by atoms with Crippen LogP contribution in [0.4, 0.5) is 0 Å². The predicted molar refractivity (Wildman–Crippen MR) is 238 cm³/mol. The van der Waals surface area contributed by atoms with E-state index in [4.69, 9.17) is 18.9 Å². The molecular weight excluding hydrogens is 749 g/mol. The Morgan fingerprint density at radius 2 is 0.966 bits per heavy atom. The molecule has 10 nitrogen and oxygen atoms in total. The van der Waals surface area contributed by atoms with Gasteiger partial charge in [-0.1, -0.05) is 152 Å². The summed E-state index contributed by atoms with van der Waals surface area (Å²) in [5, 5.41) is 40.1. The van der Waals surface area contributed by atoms with Crippen LogP contribution in [-0.4, -0.2) is 89.0 Å². The number of hydrogen-bond acceptors (Lipinski definition) is 10. The lowest BCUT2D eigenvalue weighted by Gasteiger charge is -2.39. The Kier molecular flexibility index (Phi) is 36.5. The van der Waals surface area contributed by atoms with Crippen LogP contribution in [0.5, 0.6) is 0 Å². The van der Waals surface area contributed by atoms with E-state index in [1.54, 1.807) is 0 Å². The van der Waals surface area contributed by atoms with Crippen molar-refractivity contribution in [3.8, 4) is 0 Å². The van der Waals surface area contributed by atoms with Gasteiger partial charge in [0.25, 0.3) is 0 Å². The molecule has 340 valence electrons. The third-order valence-corrected chi connectivity index (χ3v) is 10.4. The lowest BCUT2D eigenvalue weighted by Crippen LogP contribution is -2.59. The Morgan fingerprint density at radius 1 is 0.525 bits per heavy atom. The van der Waals surface area contributed by atoms with E-state index in [2.05, 4.69) is 74.6 Å².